The Morgan fingerprint density at radius 1 is 1.27 bits per heavy atom. The lowest BCUT2D eigenvalue weighted by Crippen LogP contribution is -2.15. The van der Waals surface area contributed by atoms with Gasteiger partial charge in [0.05, 0.1) is 6.26 Å². The average molecular weight is 351 g/mol. The average Bonchev–Trinajstić information content (AvgIpc) is 3.43. The fourth-order valence-corrected chi connectivity index (χ4v) is 3.38. The Balaban J connectivity index is 1.53. The van der Waals surface area contributed by atoms with Crippen molar-refractivity contribution in [3.63, 3.8) is 0 Å². The first-order valence-corrected chi connectivity index (χ1v) is 9.01. The number of nitrogens with zero attached hydrogens (tertiary/aromatic N) is 4. The highest BCUT2D eigenvalue weighted by atomic mass is 16.3. The summed E-state index contributed by atoms with van der Waals surface area (Å²) in [5, 5.41) is 7.10. The maximum Gasteiger partial charge on any atom is 0.225 e. The SMILES string of the molecule is O=C(CCC1CCCC1)Nc1cc(-n2cccn2)nc(-c2ccco2)n1. The number of anilines is 1. The van der Waals surface area contributed by atoms with Gasteiger partial charge in [0, 0.05) is 24.9 Å². The first-order chi connectivity index (χ1) is 12.8. The second-order valence-corrected chi connectivity index (χ2v) is 6.60. The lowest BCUT2D eigenvalue weighted by Gasteiger charge is -2.10. The minimum Gasteiger partial charge on any atom is -0.461 e. The van der Waals surface area contributed by atoms with Crippen molar-refractivity contribution in [3.05, 3.63) is 42.9 Å². The second kappa shape index (κ2) is 7.51. The predicted molar refractivity (Wildman–Crippen MR) is 96.7 cm³/mol. The van der Waals surface area contributed by atoms with Gasteiger partial charge in [0.2, 0.25) is 5.91 Å². The van der Waals surface area contributed by atoms with E-state index in [9.17, 15) is 4.79 Å². The molecule has 0 radical (unpaired) electrons. The minimum absolute atomic E-state index is 0.0209. The van der Waals surface area contributed by atoms with Crippen LogP contribution in [0.15, 0.2) is 47.3 Å². The Morgan fingerprint density at radius 3 is 2.88 bits per heavy atom. The van der Waals surface area contributed by atoms with Crippen LogP contribution in [0.2, 0.25) is 0 Å². The third-order valence-corrected chi connectivity index (χ3v) is 4.72. The van der Waals surface area contributed by atoms with Crippen molar-refractivity contribution >= 4 is 11.7 Å². The van der Waals surface area contributed by atoms with Gasteiger partial charge in [-0.25, -0.2) is 14.6 Å². The molecule has 0 spiro atoms. The molecule has 1 amide bonds. The molecule has 4 rings (SSSR count). The molecule has 0 atom stereocenters. The fourth-order valence-electron chi connectivity index (χ4n) is 3.38. The zero-order valence-electron chi connectivity index (χ0n) is 14.5. The molecule has 26 heavy (non-hydrogen) atoms. The maximum atomic E-state index is 12.3. The molecule has 3 heterocycles. The summed E-state index contributed by atoms with van der Waals surface area (Å²) in [6.45, 7) is 0. The summed E-state index contributed by atoms with van der Waals surface area (Å²) in [6, 6.07) is 7.09. The Bertz CT molecular complexity index is 800. The van der Waals surface area contributed by atoms with Crippen LogP contribution in [0.4, 0.5) is 5.82 Å². The number of carbonyl (C=O) groups excluding carboxylic acids is 1. The number of nitrogens with one attached hydrogen (secondary N) is 1. The molecule has 1 N–H and O–H groups in total. The Labute approximate surface area is 151 Å². The molecule has 3 aromatic heterocycles. The zero-order chi connectivity index (χ0) is 17.8. The molecule has 0 unspecified atom stereocenters. The molecule has 3 aromatic rings. The van der Waals surface area contributed by atoms with Gasteiger partial charge in [-0.3, -0.25) is 4.79 Å². The monoisotopic (exact) mass is 351 g/mol. The van der Waals surface area contributed by atoms with Crippen LogP contribution in [-0.4, -0.2) is 25.7 Å². The smallest absolute Gasteiger partial charge is 0.225 e. The number of aromatic nitrogens is 4. The van der Waals surface area contributed by atoms with E-state index in [0.29, 0.717) is 35.6 Å². The summed E-state index contributed by atoms with van der Waals surface area (Å²) in [4.78, 5) is 21.3. The molecule has 1 aliphatic carbocycles. The molecule has 0 aromatic carbocycles. The number of rotatable bonds is 6. The zero-order valence-corrected chi connectivity index (χ0v) is 14.5. The summed E-state index contributed by atoms with van der Waals surface area (Å²) in [5.74, 6) is 2.64. The van der Waals surface area contributed by atoms with Crippen molar-refractivity contribution in [3.8, 4) is 17.4 Å². The highest BCUT2D eigenvalue weighted by molar-refractivity contribution is 5.90. The largest absolute Gasteiger partial charge is 0.461 e. The van der Waals surface area contributed by atoms with Crippen LogP contribution in [0.1, 0.15) is 38.5 Å². The van der Waals surface area contributed by atoms with Gasteiger partial charge >= 0.3 is 0 Å². The fraction of sp³-hybridized carbons (Fsp3) is 0.368. The molecular formula is C19H21N5O2. The van der Waals surface area contributed by atoms with Gasteiger partial charge in [0.15, 0.2) is 17.4 Å². The van der Waals surface area contributed by atoms with E-state index < -0.39 is 0 Å². The minimum atomic E-state index is -0.0209. The first-order valence-electron chi connectivity index (χ1n) is 9.01. The third-order valence-electron chi connectivity index (χ3n) is 4.72. The topological polar surface area (TPSA) is 85.8 Å². The summed E-state index contributed by atoms with van der Waals surface area (Å²) in [5.41, 5.74) is 0. The van der Waals surface area contributed by atoms with Crippen LogP contribution in [0.3, 0.4) is 0 Å². The molecule has 134 valence electrons. The number of furan rings is 1. The van der Waals surface area contributed by atoms with E-state index in [1.54, 1.807) is 41.5 Å². The van der Waals surface area contributed by atoms with E-state index in [4.69, 9.17) is 4.42 Å². The van der Waals surface area contributed by atoms with E-state index in [1.165, 1.54) is 25.7 Å². The molecule has 0 bridgehead atoms. The molecule has 1 fully saturated rings. The lowest BCUT2D eigenvalue weighted by molar-refractivity contribution is -0.116. The number of carbonyl (C=O) groups is 1. The quantitative estimate of drug-likeness (QED) is 0.729. The van der Waals surface area contributed by atoms with Gasteiger partial charge < -0.3 is 9.73 Å². The van der Waals surface area contributed by atoms with Crippen LogP contribution >= 0.6 is 0 Å². The molecule has 1 aliphatic rings. The van der Waals surface area contributed by atoms with Gasteiger partial charge in [0.1, 0.15) is 5.82 Å². The van der Waals surface area contributed by atoms with Gasteiger partial charge in [-0.2, -0.15) is 5.10 Å². The number of hydrogen-bond acceptors (Lipinski definition) is 5. The second-order valence-electron chi connectivity index (χ2n) is 6.60. The molecule has 0 aliphatic heterocycles. The Morgan fingerprint density at radius 2 is 2.15 bits per heavy atom. The van der Waals surface area contributed by atoms with Crippen molar-refractivity contribution in [2.45, 2.75) is 38.5 Å². The van der Waals surface area contributed by atoms with Gasteiger partial charge in [-0.15, -0.1) is 0 Å². The normalized spacial score (nSPS) is 14.6. The Hall–Kier alpha value is -2.96. The van der Waals surface area contributed by atoms with Crippen LogP contribution in [0.5, 0.6) is 0 Å². The van der Waals surface area contributed by atoms with Crippen molar-refractivity contribution in [1.29, 1.82) is 0 Å². The third kappa shape index (κ3) is 3.82. The van der Waals surface area contributed by atoms with E-state index >= 15 is 0 Å². The van der Waals surface area contributed by atoms with Crippen LogP contribution < -0.4 is 5.32 Å². The molecule has 0 saturated heterocycles. The first kappa shape index (κ1) is 16.5. The summed E-state index contributed by atoms with van der Waals surface area (Å²) in [6.07, 6.45) is 11.6. The summed E-state index contributed by atoms with van der Waals surface area (Å²) >= 11 is 0. The van der Waals surface area contributed by atoms with Crippen molar-refractivity contribution in [2.75, 3.05) is 5.32 Å². The molecule has 7 nitrogen and oxygen atoms in total. The van der Waals surface area contributed by atoms with Crippen molar-refractivity contribution in [2.24, 2.45) is 5.92 Å². The lowest BCUT2D eigenvalue weighted by atomic mass is 10.0. The van der Waals surface area contributed by atoms with Crippen LogP contribution in [0, 0.1) is 5.92 Å². The standard InChI is InChI=1S/C19H21N5O2/c25-18(9-8-14-5-1-2-6-14)21-16-13-17(24-11-4-10-20-24)23-19(22-16)15-7-3-12-26-15/h3-4,7,10-14H,1-2,5-6,8-9H2,(H,21,22,23,25). The van der Waals surface area contributed by atoms with E-state index in [2.05, 4.69) is 20.4 Å². The summed E-state index contributed by atoms with van der Waals surface area (Å²) < 4.78 is 7.03. The van der Waals surface area contributed by atoms with Crippen molar-refractivity contribution in [1.82, 2.24) is 19.7 Å². The van der Waals surface area contributed by atoms with Crippen LogP contribution in [-0.2, 0) is 4.79 Å². The maximum absolute atomic E-state index is 12.3. The highest BCUT2D eigenvalue weighted by Gasteiger charge is 2.17. The van der Waals surface area contributed by atoms with E-state index in [0.717, 1.165) is 6.42 Å². The summed E-state index contributed by atoms with van der Waals surface area (Å²) in [7, 11) is 0. The predicted octanol–water partition coefficient (Wildman–Crippen LogP) is 3.83. The Kier molecular flexibility index (Phi) is 4.77. The van der Waals surface area contributed by atoms with Gasteiger partial charge in [0.25, 0.3) is 0 Å². The molecule has 7 heteroatoms. The van der Waals surface area contributed by atoms with Gasteiger partial charge in [-0.1, -0.05) is 25.7 Å². The molecule has 1 saturated carbocycles. The number of amides is 1. The molecular weight excluding hydrogens is 330 g/mol. The highest BCUT2D eigenvalue weighted by Crippen LogP contribution is 2.28. The van der Waals surface area contributed by atoms with E-state index in [1.807, 2.05) is 6.07 Å². The van der Waals surface area contributed by atoms with E-state index in [-0.39, 0.29) is 5.91 Å². The van der Waals surface area contributed by atoms with Gasteiger partial charge in [-0.05, 0) is 30.5 Å². The van der Waals surface area contributed by atoms with Crippen molar-refractivity contribution < 1.29 is 9.21 Å². The number of hydrogen-bond donors (Lipinski definition) is 1. The van der Waals surface area contributed by atoms with Crippen LogP contribution in [0.25, 0.3) is 17.4 Å².